The second-order valence-corrected chi connectivity index (χ2v) is 7.22. The number of aryl methyl sites for hydroxylation is 1. The van der Waals surface area contributed by atoms with Gasteiger partial charge in [-0.25, -0.2) is 9.37 Å². The highest BCUT2D eigenvalue weighted by atomic mass is 19.4. The number of H-pyrrole nitrogens is 1. The lowest BCUT2D eigenvalue weighted by Crippen LogP contribution is -2.34. The zero-order valence-corrected chi connectivity index (χ0v) is 14.5. The van der Waals surface area contributed by atoms with E-state index >= 15 is 0 Å². The number of amides is 1. The van der Waals surface area contributed by atoms with Crippen LogP contribution in [0.25, 0.3) is 0 Å². The minimum atomic E-state index is -4.57. The first-order valence-corrected chi connectivity index (χ1v) is 9.02. The highest BCUT2D eigenvalue weighted by molar-refractivity contribution is 5.84. The summed E-state index contributed by atoms with van der Waals surface area (Å²) in [6.45, 7) is 0.789. The molecule has 0 spiro atoms. The molecular formula is C19H19F4N3O. The molecule has 2 unspecified atom stereocenters. The van der Waals surface area contributed by atoms with Crippen molar-refractivity contribution < 1.29 is 22.4 Å². The number of imidazole rings is 1. The van der Waals surface area contributed by atoms with Crippen molar-refractivity contribution >= 4 is 5.91 Å². The Balaban J connectivity index is 1.49. The topological polar surface area (TPSA) is 49.0 Å². The van der Waals surface area contributed by atoms with Gasteiger partial charge in [0.1, 0.15) is 5.82 Å². The molecule has 0 saturated carbocycles. The van der Waals surface area contributed by atoms with Crippen molar-refractivity contribution in [2.24, 2.45) is 0 Å². The summed E-state index contributed by atoms with van der Waals surface area (Å²) in [5.41, 5.74) is 1.02. The maximum absolute atomic E-state index is 14.3. The monoisotopic (exact) mass is 381 g/mol. The number of hydrogen-bond acceptors (Lipinski definition) is 2. The number of aromatic amines is 1. The number of nitrogens with one attached hydrogen (secondary N) is 1. The normalized spacial score (nSPS) is 22.7. The first kappa shape index (κ1) is 18.0. The van der Waals surface area contributed by atoms with Crippen LogP contribution in [0.4, 0.5) is 17.6 Å². The van der Waals surface area contributed by atoms with Gasteiger partial charge >= 0.3 is 6.18 Å². The number of nitrogens with zero attached hydrogens (tertiary/aromatic N) is 2. The number of likely N-dealkylation sites (tertiary alicyclic amines) is 1. The van der Waals surface area contributed by atoms with Crippen LogP contribution in [0.3, 0.4) is 0 Å². The zero-order valence-electron chi connectivity index (χ0n) is 14.5. The maximum Gasteiger partial charge on any atom is 0.416 e. The molecule has 27 heavy (non-hydrogen) atoms. The Morgan fingerprint density at radius 2 is 2.07 bits per heavy atom. The number of carbonyl (C=O) groups is 1. The van der Waals surface area contributed by atoms with Gasteiger partial charge in [0, 0.05) is 24.7 Å². The van der Waals surface area contributed by atoms with Gasteiger partial charge in [0.15, 0.2) is 0 Å². The summed E-state index contributed by atoms with van der Waals surface area (Å²) < 4.78 is 52.4. The number of aromatic nitrogens is 2. The van der Waals surface area contributed by atoms with Crippen molar-refractivity contribution in [2.45, 2.75) is 43.7 Å². The lowest BCUT2D eigenvalue weighted by atomic mass is 9.89. The van der Waals surface area contributed by atoms with Crippen molar-refractivity contribution in [1.82, 2.24) is 14.9 Å². The summed E-state index contributed by atoms with van der Waals surface area (Å²) in [6, 6.07) is 2.64. The third-order valence-electron chi connectivity index (χ3n) is 5.57. The van der Waals surface area contributed by atoms with Crippen LogP contribution in [-0.4, -0.2) is 33.9 Å². The van der Waals surface area contributed by atoms with Gasteiger partial charge in [-0.3, -0.25) is 4.79 Å². The van der Waals surface area contributed by atoms with E-state index < -0.39 is 17.6 Å². The number of alkyl halides is 3. The predicted molar refractivity (Wildman–Crippen MR) is 89.6 cm³/mol. The number of benzene rings is 1. The Hall–Kier alpha value is -2.38. The summed E-state index contributed by atoms with van der Waals surface area (Å²) in [4.78, 5) is 22.0. The molecule has 0 radical (unpaired) electrons. The SMILES string of the molecule is O=C(C1CCCc2[nH]cnc21)N1CCC(c2ccc(C(F)(F)F)cc2F)C1. The van der Waals surface area contributed by atoms with E-state index in [0.29, 0.717) is 25.6 Å². The number of halogens is 4. The highest BCUT2D eigenvalue weighted by Crippen LogP contribution is 2.36. The first-order chi connectivity index (χ1) is 12.8. The fourth-order valence-electron chi connectivity index (χ4n) is 4.16. The van der Waals surface area contributed by atoms with Gasteiger partial charge in [-0.05, 0) is 43.4 Å². The standard InChI is InChI=1S/C19H19F4N3O/c20-15-8-12(19(21,22)23)4-5-13(15)11-6-7-26(9-11)18(27)14-2-1-3-16-17(14)25-10-24-16/h4-5,8,10-11,14H,1-3,6-7,9H2,(H,24,25). The van der Waals surface area contributed by atoms with Gasteiger partial charge in [0.2, 0.25) is 5.91 Å². The molecule has 1 aliphatic heterocycles. The molecule has 2 aliphatic rings. The molecule has 1 amide bonds. The van der Waals surface area contributed by atoms with E-state index in [9.17, 15) is 22.4 Å². The summed E-state index contributed by atoms with van der Waals surface area (Å²) in [7, 11) is 0. The van der Waals surface area contributed by atoms with E-state index in [1.54, 1.807) is 11.2 Å². The average Bonchev–Trinajstić information content (AvgIpc) is 3.29. The second kappa shape index (κ2) is 6.65. The van der Waals surface area contributed by atoms with Crippen LogP contribution in [0.5, 0.6) is 0 Å². The summed E-state index contributed by atoms with van der Waals surface area (Å²) in [5.74, 6) is -1.48. The number of hydrogen-bond donors (Lipinski definition) is 1. The molecule has 1 N–H and O–H groups in total. The summed E-state index contributed by atoms with van der Waals surface area (Å²) >= 11 is 0. The molecule has 4 rings (SSSR count). The van der Waals surface area contributed by atoms with Crippen molar-refractivity contribution in [3.05, 3.63) is 52.9 Å². The zero-order chi connectivity index (χ0) is 19.2. The van der Waals surface area contributed by atoms with E-state index in [0.717, 1.165) is 36.7 Å². The highest BCUT2D eigenvalue weighted by Gasteiger charge is 2.37. The molecular weight excluding hydrogens is 362 g/mol. The van der Waals surface area contributed by atoms with Gasteiger partial charge in [-0.1, -0.05) is 6.07 Å². The van der Waals surface area contributed by atoms with Gasteiger partial charge in [-0.15, -0.1) is 0 Å². The third kappa shape index (κ3) is 3.33. The number of rotatable bonds is 2. The third-order valence-corrected chi connectivity index (χ3v) is 5.57. The van der Waals surface area contributed by atoms with Gasteiger partial charge < -0.3 is 9.88 Å². The van der Waals surface area contributed by atoms with Crippen LogP contribution < -0.4 is 0 Å². The van der Waals surface area contributed by atoms with Crippen molar-refractivity contribution in [1.29, 1.82) is 0 Å². The lowest BCUT2D eigenvalue weighted by molar-refractivity contribution is -0.137. The van der Waals surface area contributed by atoms with Crippen molar-refractivity contribution in [3.8, 4) is 0 Å². The Labute approximate surface area is 153 Å². The van der Waals surface area contributed by atoms with E-state index in [-0.39, 0.29) is 23.3 Å². The molecule has 8 heteroatoms. The molecule has 1 aliphatic carbocycles. The van der Waals surface area contributed by atoms with Gasteiger partial charge in [0.25, 0.3) is 0 Å². The molecule has 2 aromatic rings. The average molecular weight is 381 g/mol. The number of carbonyl (C=O) groups excluding carboxylic acids is 1. The molecule has 2 heterocycles. The Morgan fingerprint density at radius 1 is 1.26 bits per heavy atom. The quantitative estimate of drug-likeness (QED) is 0.800. The van der Waals surface area contributed by atoms with E-state index in [1.165, 1.54) is 6.07 Å². The lowest BCUT2D eigenvalue weighted by Gasteiger charge is -2.26. The molecule has 1 fully saturated rings. The predicted octanol–water partition coefficient (Wildman–Crippen LogP) is 4.00. The van der Waals surface area contributed by atoms with E-state index in [2.05, 4.69) is 9.97 Å². The Morgan fingerprint density at radius 3 is 2.81 bits per heavy atom. The van der Waals surface area contributed by atoms with Crippen molar-refractivity contribution in [2.75, 3.05) is 13.1 Å². The molecule has 2 atom stereocenters. The van der Waals surface area contributed by atoms with Gasteiger partial charge in [-0.2, -0.15) is 13.2 Å². The molecule has 1 aromatic carbocycles. The Kier molecular flexibility index (Phi) is 4.44. The smallest absolute Gasteiger partial charge is 0.348 e. The minimum absolute atomic E-state index is 0.0298. The van der Waals surface area contributed by atoms with E-state index in [1.807, 2.05) is 0 Å². The van der Waals surface area contributed by atoms with E-state index in [4.69, 9.17) is 0 Å². The molecule has 0 bridgehead atoms. The fraction of sp³-hybridized carbons (Fsp3) is 0.474. The van der Waals surface area contributed by atoms with Gasteiger partial charge in [0.05, 0.1) is 23.5 Å². The van der Waals surface area contributed by atoms with Crippen LogP contribution in [-0.2, 0) is 17.4 Å². The molecule has 4 nitrogen and oxygen atoms in total. The molecule has 1 saturated heterocycles. The van der Waals surface area contributed by atoms with Crippen molar-refractivity contribution in [3.63, 3.8) is 0 Å². The van der Waals surface area contributed by atoms with Crippen LogP contribution in [0.1, 0.15) is 53.6 Å². The van der Waals surface area contributed by atoms with Crippen LogP contribution >= 0.6 is 0 Å². The summed E-state index contributed by atoms with van der Waals surface area (Å²) in [6.07, 6.45) is 0.0650. The molecule has 1 aromatic heterocycles. The molecule has 144 valence electrons. The minimum Gasteiger partial charge on any atom is -0.348 e. The second-order valence-electron chi connectivity index (χ2n) is 7.22. The fourth-order valence-corrected chi connectivity index (χ4v) is 4.16. The van der Waals surface area contributed by atoms with Crippen LogP contribution in [0, 0.1) is 5.82 Å². The number of fused-ring (bicyclic) bond motifs is 1. The first-order valence-electron chi connectivity index (χ1n) is 9.02. The summed E-state index contributed by atoms with van der Waals surface area (Å²) in [5, 5.41) is 0. The largest absolute Gasteiger partial charge is 0.416 e. The Bertz CT molecular complexity index is 861. The van der Waals surface area contributed by atoms with Crippen LogP contribution in [0.15, 0.2) is 24.5 Å². The maximum atomic E-state index is 14.3. The van der Waals surface area contributed by atoms with Crippen LogP contribution in [0.2, 0.25) is 0 Å².